The van der Waals surface area contributed by atoms with Crippen molar-refractivity contribution in [1.82, 2.24) is 5.32 Å². The lowest BCUT2D eigenvalue weighted by Crippen LogP contribution is -2.24. The Morgan fingerprint density at radius 1 is 1.29 bits per heavy atom. The van der Waals surface area contributed by atoms with Crippen molar-refractivity contribution in [2.45, 2.75) is 13.1 Å². The molecule has 0 spiro atoms. The summed E-state index contributed by atoms with van der Waals surface area (Å²) < 4.78 is 0. The molecular weight excluding hydrogens is 290 g/mol. The molecule has 0 aliphatic heterocycles. The molecule has 0 saturated carbocycles. The second kappa shape index (κ2) is 6.47. The number of carbonyl (C=O) groups is 1. The van der Waals surface area contributed by atoms with Crippen LogP contribution in [-0.2, 0) is 13.1 Å². The first-order valence-electron chi connectivity index (χ1n) is 6.36. The van der Waals surface area contributed by atoms with Crippen LogP contribution in [0.2, 0.25) is 5.02 Å². The third-order valence-corrected chi connectivity index (χ3v) is 3.47. The number of phenols is 1. The second-order valence-electron chi connectivity index (χ2n) is 4.54. The Labute approximate surface area is 127 Å². The van der Waals surface area contributed by atoms with Gasteiger partial charge >= 0.3 is 0 Å². The van der Waals surface area contributed by atoms with Gasteiger partial charge in [-0.1, -0.05) is 23.7 Å². The summed E-state index contributed by atoms with van der Waals surface area (Å²) in [6.45, 7) is 0.623. The van der Waals surface area contributed by atoms with E-state index in [0.29, 0.717) is 24.3 Å². The van der Waals surface area contributed by atoms with Gasteiger partial charge in [-0.25, -0.2) is 0 Å². The summed E-state index contributed by atoms with van der Waals surface area (Å²) >= 11 is 5.78. The zero-order chi connectivity index (χ0) is 15.4. The number of halogens is 1. The molecule has 0 aliphatic carbocycles. The maximum absolute atomic E-state index is 12.1. The average Bonchev–Trinajstić information content (AvgIpc) is 2.47. The highest BCUT2D eigenvalue weighted by Crippen LogP contribution is 2.23. The predicted octanol–water partition coefficient (Wildman–Crippen LogP) is 2.02. The Hall–Kier alpha value is -2.24. The molecule has 0 unspecified atom stereocenters. The Kier molecular flexibility index (Phi) is 4.67. The first-order chi connectivity index (χ1) is 10.0. The van der Waals surface area contributed by atoms with E-state index in [1.54, 1.807) is 6.07 Å². The highest BCUT2D eigenvalue weighted by molar-refractivity contribution is 6.32. The number of hydrogen-bond donors (Lipinski definition) is 4. The van der Waals surface area contributed by atoms with E-state index in [-0.39, 0.29) is 16.7 Å². The van der Waals surface area contributed by atoms with Crippen LogP contribution in [-0.4, -0.2) is 11.0 Å². The van der Waals surface area contributed by atoms with Gasteiger partial charge < -0.3 is 21.9 Å². The second-order valence-corrected chi connectivity index (χ2v) is 4.95. The molecule has 6 N–H and O–H groups in total. The Balaban J connectivity index is 2.11. The molecule has 0 aliphatic rings. The van der Waals surface area contributed by atoms with Crippen LogP contribution in [0.25, 0.3) is 0 Å². The number of rotatable bonds is 4. The summed E-state index contributed by atoms with van der Waals surface area (Å²) in [6.07, 6.45) is 0. The Bertz CT molecular complexity index is 674. The molecule has 0 bridgehead atoms. The molecule has 21 heavy (non-hydrogen) atoms. The molecule has 0 atom stereocenters. The largest absolute Gasteiger partial charge is 0.506 e. The maximum atomic E-state index is 12.1. The Morgan fingerprint density at radius 2 is 2.05 bits per heavy atom. The zero-order valence-electron chi connectivity index (χ0n) is 11.3. The van der Waals surface area contributed by atoms with Gasteiger partial charge in [-0.2, -0.15) is 0 Å². The SMILES string of the molecule is NCc1c(N)cccc1CNC(=O)c1ccc(O)c(Cl)c1. The van der Waals surface area contributed by atoms with Crippen molar-refractivity contribution in [1.29, 1.82) is 0 Å². The van der Waals surface area contributed by atoms with E-state index >= 15 is 0 Å². The van der Waals surface area contributed by atoms with Crippen LogP contribution >= 0.6 is 11.6 Å². The van der Waals surface area contributed by atoms with Gasteiger partial charge in [0.25, 0.3) is 5.91 Å². The molecule has 2 aromatic carbocycles. The molecule has 0 heterocycles. The molecule has 0 aromatic heterocycles. The van der Waals surface area contributed by atoms with E-state index in [9.17, 15) is 9.90 Å². The maximum Gasteiger partial charge on any atom is 0.251 e. The lowest BCUT2D eigenvalue weighted by Gasteiger charge is -2.12. The number of hydrogen-bond acceptors (Lipinski definition) is 4. The minimum Gasteiger partial charge on any atom is -0.506 e. The van der Waals surface area contributed by atoms with Crippen molar-refractivity contribution in [3.8, 4) is 5.75 Å². The lowest BCUT2D eigenvalue weighted by atomic mass is 10.1. The first-order valence-corrected chi connectivity index (χ1v) is 6.73. The summed E-state index contributed by atoms with van der Waals surface area (Å²) in [4.78, 5) is 12.1. The minimum atomic E-state index is -0.290. The van der Waals surface area contributed by atoms with Gasteiger partial charge in [0.1, 0.15) is 5.75 Å². The molecule has 0 radical (unpaired) electrons. The lowest BCUT2D eigenvalue weighted by molar-refractivity contribution is 0.0951. The number of nitrogen functional groups attached to an aromatic ring is 1. The fourth-order valence-electron chi connectivity index (χ4n) is 1.99. The van der Waals surface area contributed by atoms with Crippen molar-refractivity contribution in [3.63, 3.8) is 0 Å². The summed E-state index contributed by atoms with van der Waals surface area (Å²) in [7, 11) is 0. The Morgan fingerprint density at radius 3 is 2.71 bits per heavy atom. The van der Waals surface area contributed by atoms with E-state index < -0.39 is 0 Å². The van der Waals surface area contributed by atoms with Gasteiger partial charge in [-0.05, 0) is 35.4 Å². The fourth-order valence-corrected chi connectivity index (χ4v) is 2.18. The van der Waals surface area contributed by atoms with Crippen molar-refractivity contribution in [3.05, 3.63) is 58.1 Å². The topological polar surface area (TPSA) is 101 Å². The van der Waals surface area contributed by atoms with Crippen LogP contribution in [0.3, 0.4) is 0 Å². The van der Waals surface area contributed by atoms with Gasteiger partial charge in [0, 0.05) is 24.3 Å². The molecular formula is C15H16ClN3O2. The summed E-state index contributed by atoms with van der Waals surface area (Å²) in [5.74, 6) is -0.350. The van der Waals surface area contributed by atoms with E-state index in [1.807, 2.05) is 12.1 Å². The average molecular weight is 306 g/mol. The molecule has 5 nitrogen and oxygen atoms in total. The normalized spacial score (nSPS) is 10.4. The van der Waals surface area contributed by atoms with E-state index in [4.69, 9.17) is 23.1 Å². The number of nitrogens with one attached hydrogen (secondary N) is 1. The van der Waals surface area contributed by atoms with Crippen LogP contribution in [0, 0.1) is 0 Å². The molecule has 2 rings (SSSR count). The number of benzene rings is 2. The third-order valence-electron chi connectivity index (χ3n) is 3.16. The van der Waals surface area contributed by atoms with Gasteiger partial charge in [0.2, 0.25) is 0 Å². The summed E-state index contributed by atoms with van der Waals surface area (Å²) in [6, 6.07) is 9.74. The zero-order valence-corrected chi connectivity index (χ0v) is 12.0. The number of phenolic OH excluding ortho intramolecular Hbond substituents is 1. The molecule has 0 fully saturated rings. The smallest absolute Gasteiger partial charge is 0.251 e. The highest BCUT2D eigenvalue weighted by Gasteiger charge is 2.10. The number of nitrogens with two attached hydrogens (primary N) is 2. The van der Waals surface area contributed by atoms with Gasteiger partial charge in [0.05, 0.1) is 5.02 Å². The summed E-state index contributed by atoms with van der Waals surface area (Å²) in [5, 5.41) is 12.2. The number of aromatic hydroxyl groups is 1. The monoisotopic (exact) mass is 305 g/mol. The number of carbonyl (C=O) groups excluding carboxylic acids is 1. The minimum absolute atomic E-state index is 0.0607. The van der Waals surface area contributed by atoms with Crippen molar-refractivity contribution < 1.29 is 9.90 Å². The number of anilines is 1. The molecule has 6 heteroatoms. The van der Waals surface area contributed by atoms with Gasteiger partial charge in [0.15, 0.2) is 0 Å². The van der Waals surface area contributed by atoms with Crippen LogP contribution in [0.15, 0.2) is 36.4 Å². The van der Waals surface area contributed by atoms with Crippen LogP contribution in [0.1, 0.15) is 21.5 Å². The molecule has 2 aromatic rings. The van der Waals surface area contributed by atoms with Gasteiger partial charge in [-0.3, -0.25) is 4.79 Å². The highest BCUT2D eigenvalue weighted by atomic mass is 35.5. The quantitative estimate of drug-likeness (QED) is 0.649. The van der Waals surface area contributed by atoms with Crippen LogP contribution in [0.4, 0.5) is 5.69 Å². The van der Waals surface area contributed by atoms with Crippen molar-refractivity contribution >= 4 is 23.2 Å². The molecule has 1 amide bonds. The summed E-state index contributed by atoms with van der Waals surface area (Å²) in [5.41, 5.74) is 14.2. The standard InChI is InChI=1S/C15H16ClN3O2/c16-12-6-9(4-5-14(12)20)15(21)19-8-10-2-1-3-13(18)11(10)7-17/h1-6,20H,7-8,17-18H2,(H,19,21). The van der Waals surface area contributed by atoms with Crippen molar-refractivity contribution in [2.75, 3.05) is 5.73 Å². The van der Waals surface area contributed by atoms with Crippen LogP contribution < -0.4 is 16.8 Å². The molecule has 0 saturated heterocycles. The molecule has 110 valence electrons. The first kappa shape index (κ1) is 15.2. The van der Waals surface area contributed by atoms with E-state index in [1.165, 1.54) is 18.2 Å². The number of amides is 1. The predicted molar refractivity (Wildman–Crippen MR) is 83.0 cm³/mol. The van der Waals surface area contributed by atoms with E-state index in [0.717, 1.165) is 11.1 Å². The van der Waals surface area contributed by atoms with Crippen LogP contribution in [0.5, 0.6) is 5.75 Å². The van der Waals surface area contributed by atoms with Crippen molar-refractivity contribution in [2.24, 2.45) is 5.73 Å². The fraction of sp³-hybridized carbons (Fsp3) is 0.133. The third kappa shape index (κ3) is 3.45. The van der Waals surface area contributed by atoms with E-state index in [2.05, 4.69) is 5.32 Å². The van der Waals surface area contributed by atoms with Gasteiger partial charge in [-0.15, -0.1) is 0 Å².